The number of carbonyl (C=O) groups excluding carboxylic acids is 1. The van der Waals surface area contributed by atoms with E-state index in [1.54, 1.807) is 18.5 Å². The second-order valence-electron chi connectivity index (χ2n) is 7.88. The number of rotatable bonds is 4. The number of hydrogen-bond donors (Lipinski definition) is 0. The second-order valence-corrected chi connectivity index (χ2v) is 7.88. The Hall–Kier alpha value is -2.35. The number of hydrogen-bond acceptors (Lipinski definition) is 6. The van der Waals surface area contributed by atoms with E-state index in [1.807, 2.05) is 15.6 Å². The Balaban J connectivity index is 1.66. The van der Waals surface area contributed by atoms with Gasteiger partial charge in [0.1, 0.15) is 5.54 Å². The Labute approximate surface area is 159 Å². The quantitative estimate of drug-likeness (QED) is 0.819. The number of pyridine rings is 1. The van der Waals surface area contributed by atoms with Crippen molar-refractivity contribution in [2.75, 3.05) is 27.2 Å². The fourth-order valence-electron chi connectivity index (χ4n) is 4.52. The lowest BCUT2D eigenvalue weighted by Crippen LogP contribution is -2.56. The molecule has 0 spiro atoms. The van der Waals surface area contributed by atoms with Crippen molar-refractivity contribution in [1.29, 1.82) is 0 Å². The number of carbonyl (C=O) groups is 1. The number of aromatic nitrogens is 5. The molecule has 1 aliphatic heterocycles. The molecule has 8 nitrogen and oxygen atoms in total. The normalized spacial score (nSPS) is 23.9. The van der Waals surface area contributed by atoms with Crippen molar-refractivity contribution >= 4 is 5.91 Å². The van der Waals surface area contributed by atoms with Crippen LogP contribution in [0.25, 0.3) is 0 Å². The zero-order chi connectivity index (χ0) is 18.9. The molecular weight excluding hydrogens is 342 g/mol. The van der Waals surface area contributed by atoms with Crippen LogP contribution in [-0.4, -0.2) is 68.1 Å². The van der Waals surface area contributed by atoms with Crippen LogP contribution in [0.4, 0.5) is 0 Å². The van der Waals surface area contributed by atoms with Gasteiger partial charge in [0.15, 0.2) is 5.82 Å². The van der Waals surface area contributed by atoms with Crippen LogP contribution in [0.15, 0.2) is 24.5 Å². The van der Waals surface area contributed by atoms with Gasteiger partial charge in [0.2, 0.25) is 0 Å². The number of nitrogens with zero attached hydrogens (tertiary/aromatic N) is 7. The number of likely N-dealkylation sites (tertiary alicyclic amines) is 1. The Morgan fingerprint density at radius 2 is 2.07 bits per heavy atom. The molecule has 0 N–H and O–H groups in total. The Morgan fingerprint density at radius 1 is 1.26 bits per heavy atom. The zero-order valence-corrected chi connectivity index (χ0v) is 16.1. The summed E-state index contributed by atoms with van der Waals surface area (Å²) in [6.45, 7) is 1.33. The molecule has 2 aromatic heterocycles. The van der Waals surface area contributed by atoms with Gasteiger partial charge < -0.3 is 4.90 Å². The minimum atomic E-state index is -0.373. The fraction of sp³-hybridized carbons (Fsp3) is 0.632. The van der Waals surface area contributed by atoms with Gasteiger partial charge in [-0.3, -0.25) is 14.7 Å². The lowest BCUT2D eigenvalue weighted by Gasteiger charge is -2.46. The Bertz CT molecular complexity index is 784. The smallest absolute Gasteiger partial charge is 0.255 e. The summed E-state index contributed by atoms with van der Waals surface area (Å²) in [7, 11) is 4.12. The lowest BCUT2D eigenvalue weighted by molar-refractivity contribution is 0.0249. The standard InChI is InChI=1S/C19H27N7O/c1-24(2)19(18-21-22-23-26(18)16-8-3-4-9-16)10-6-12-25(14-19)17(27)15-7-5-11-20-13-15/h5,7,11,13,16H,3-4,6,8-10,12,14H2,1-2H3. The van der Waals surface area contributed by atoms with Crippen LogP contribution in [0.1, 0.15) is 60.7 Å². The van der Waals surface area contributed by atoms with E-state index in [1.165, 1.54) is 12.8 Å². The van der Waals surface area contributed by atoms with E-state index in [9.17, 15) is 4.79 Å². The number of amides is 1. The van der Waals surface area contributed by atoms with E-state index in [4.69, 9.17) is 0 Å². The second kappa shape index (κ2) is 7.34. The predicted octanol–water partition coefficient (Wildman–Crippen LogP) is 1.88. The molecule has 2 aromatic rings. The molecule has 144 valence electrons. The maximum Gasteiger partial charge on any atom is 0.255 e. The third-order valence-corrected chi connectivity index (χ3v) is 6.10. The van der Waals surface area contributed by atoms with E-state index in [0.717, 1.165) is 38.1 Å². The van der Waals surface area contributed by atoms with Crippen molar-refractivity contribution < 1.29 is 4.79 Å². The molecule has 1 saturated carbocycles. The molecule has 2 fully saturated rings. The van der Waals surface area contributed by atoms with Gasteiger partial charge in [-0.25, -0.2) is 4.68 Å². The van der Waals surface area contributed by atoms with Crippen LogP contribution < -0.4 is 0 Å². The number of likely N-dealkylation sites (N-methyl/N-ethyl adjacent to an activating group) is 1. The minimum absolute atomic E-state index is 0.0221. The molecule has 1 aliphatic carbocycles. The van der Waals surface area contributed by atoms with Crippen LogP contribution in [-0.2, 0) is 5.54 Å². The van der Waals surface area contributed by atoms with E-state index in [0.29, 0.717) is 18.2 Å². The molecule has 8 heteroatoms. The highest BCUT2D eigenvalue weighted by molar-refractivity contribution is 5.94. The van der Waals surface area contributed by atoms with Crippen LogP contribution in [0, 0.1) is 0 Å². The van der Waals surface area contributed by atoms with Gasteiger partial charge in [0, 0.05) is 25.5 Å². The van der Waals surface area contributed by atoms with Crippen molar-refractivity contribution in [3.63, 3.8) is 0 Å². The molecule has 1 atom stereocenters. The minimum Gasteiger partial charge on any atom is -0.336 e. The molecule has 1 saturated heterocycles. The first-order valence-corrected chi connectivity index (χ1v) is 9.77. The van der Waals surface area contributed by atoms with E-state index in [-0.39, 0.29) is 11.4 Å². The summed E-state index contributed by atoms with van der Waals surface area (Å²) in [5.41, 5.74) is 0.254. The van der Waals surface area contributed by atoms with E-state index < -0.39 is 0 Å². The average molecular weight is 369 g/mol. The van der Waals surface area contributed by atoms with E-state index in [2.05, 4.69) is 39.5 Å². The van der Waals surface area contributed by atoms with Gasteiger partial charge in [0.25, 0.3) is 5.91 Å². The molecule has 3 heterocycles. The number of tetrazole rings is 1. The third-order valence-electron chi connectivity index (χ3n) is 6.10. The molecule has 4 rings (SSSR count). The first kappa shape index (κ1) is 18.0. The van der Waals surface area contributed by atoms with Gasteiger partial charge >= 0.3 is 0 Å². The molecular formula is C19H27N7O. The largest absolute Gasteiger partial charge is 0.336 e. The van der Waals surface area contributed by atoms with Crippen LogP contribution in [0.2, 0.25) is 0 Å². The molecule has 27 heavy (non-hydrogen) atoms. The Kier molecular flexibility index (Phi) is 4.90. The SMILES string of the molecule is CN(C)C1(c2nnnn2C2CCCC2)CCCN(C(=O)c2cccnc2)C1. The molecule has 1 unspecified atom stereocenters. The monoisotopic (exact) mass is 369 g/mol. The van der Waals surface area contributed by atoms with Gasteiger partial charge in [-0.05, 0) is 62.3 Å². The summed E-state index contributed by atoms with van der Waals surface area (Å²) in [5.74, 6) is 0.914. The van der Waals surface area contributed by atoms with Gasteiger partial charge in [0.05, 0.1) is 11.6 Å². The van der Waals surface area contributed by atoms with Crippen molar-refractivity contribution in [2.24, 2.45) is 0 Å². The molecule has 0 bridgehead atoms. The highest BCUT2D eigenvalue weighted by Gasteiger charge is 2.45. The molecule has 2 aliphatic rings. The van der Waals surface area contributed by atoms with Crippen LogP contribution >= 0.6 is 0 Å². The van der Waals surface area contributed by atoms with Crippen molar-refractivity contribution in [3.8, 4) is 0 Å². The number of piperidine rings is 1. The van der Waals surface area contributed by atoms with E-state index >= 15 is 0 Å². The first-order valence-electron chi connectivity index (χ1n) is 9.77. The summed E-state index contributed by atoms with van der Waals surface area (Å²) in [5, 5.41) is 12.8. The van der Waals surface area contributed by atoms with Crippen LogP contribution in [0.5, 0.6) is 0 Å². The van der Waals surface area contributed by atoms with Gasteiger partial charge in [-0.1, -0.05) is 12.8 Å². The summed E-state index contributed by atoms with van der Waals surface area (Å²) < 4.78 is 2.03. The molecule has 0 aromatic carbocycles. The van der Waals surface area contributed by atoms with Crippen LogP contribution in [0.3, 0.4) is 0 Å². The van der Waals surface area contributed by atoms with Crippen molar-refractivity contribution in [2.45, 2.75) is 50.1 Å². The Morgan fingerprint density at radius 3 is 2.78 bits per heavy atom. The summed E-state index contributed by atoms with van der Waals surface area (Å²) in [6, 6.07) is 4.00. The van der Waals surface area contributed by atoms with Gasteiger partial charge in [-0.15, -0.1) is 5.10 Å². The van der Waals surface area contributed by atoms with Gasteiger partial charge in [-0.2, -0.15) is 0 Å². The molecule has 0 radical (unpaired) electrons. The lowest BCUT2D eigenvalue weighted by atomic mass is 9.86. The summed E-state index contributed by atoms with van der Waals surface area (Å²) in [4.78, 5) is 21.2. The first-order chi connectivity index (χ1) is 13.1. The highest BCUT2D eigenvalue weighted by atomic mass is 16.2. The predicted molar refractivity (Wildman–Crippen MR) is 100 cm³/mol. The fourth-order valence-corrected chi connectivity index (χ4v) is 4.52. The summed E-state index contributed by atoms with van der Waals surface area (Å²) >= 11 is 0. The third kappa shape index (κ3) is 3.22. The average Bonchev–Trinajstić information content (AvgIpc) is 3.39. The van der Waals surface area contributed by atoms with Crippen molar-refractivity contribution in [3.05, 3.63) is 35.9 Å². The highest BCUT2D eigenvalue weighted by Crippen LogP contribution is 2.38. The maximum atomic E-state index is 13.0. The summed E-state index contributed by atoms with van der Waals surface area (Å²) in [6.07, 6.45) is 9.88. The van der Waals surface area contributed by atoms with Crippen molar-refractivity contribution in [1.82, 2.24) is 35.0 Å². The zero-order valence-electron chi connectivity index (χ0n) is 16.1. The maximum absolute atomic E-state index is 13.0. The topological polar surface area (TPSA) is 80.0 Å². The molecule has 1 amide bonds.